The largest absolute Gasteiger partial charge is 0.480 e. The highest BCUT2D eigenvalue weighted by Gasteiger charge is 2.33. The number of carboxylic acids is 1. The zero-order valence-corrected chi connectivity index (χ0v) is 10.1. The number of likely N-dealkylation sites (N-methyl/N-ethyl adjacent to an activating group) is 1. The van der Waals surface area contributed by atoms with E-state index in [2.05, 4.69) is 0 Å². The monoisotopic (exact) mass is 270 g/mol. The minimum absolute atomic E-state index is 0.0316. The maximum atomic E-state index is 12.3. The molecule has 106 valence electrons. The molecule has 18 heavy (non-hydrogen) atoms. The second kappa shape index (κ2) is 6.35. The third kappa shape index (κ3) is 6.18. The molecule has 1 unspecified atom stereocenters. The summed E-state index contributed by atoms with van der Waals surface area (Å²) >= 11 is 0. The fraction of sp³-hybridized carbons (Fsp3) is 0.900. The standard InChI is InChI=1S/C10H17F3N2O3/c1-14-2-3-18-8(4-14)5-15(6-9(16)17)7-10(11,12)13/h8H,2-7H2,1H3,(H,16,17). The average molecular weight is 270 g/mol. The Bertz CT molecular complexity index is 286. The first-order valence-corrected chi connectivity index (χ1v) is 5.57. The molecule has 1 aliphatic heterocycles. The second-order valence-electron chi connectivity index (χ2n) is 4.43. The molecular weight excluding hydrogens is 253 g/mol. The Morgan fingerprint density at radius 1 is 1.56 bits per heavy atom. The van der Waals surface area contributed by atoms with Gasteiger partial charge in [0.15, 0.2) is 0 Å². The van der Waals surface area contributed by atoms with Gasteiger partial charge in [-0.3, -0.25) is 9.69 Å². The van der Waals surface area contributed by atoms with E-state index in [1.165, 1.54) is 0 Å². The highest BCUT2D eigenvalue weighted by Crippen LogP contribution is 2.17. The summed E-state index contributed by atoms with van der Waals surface area (Å²) in [6.07, 6.45) is -4.79. The lowest BCUT2D eigenvalue weighted by atomic mass is 10.2. The number of halogens is 3. The predicted molar refractivity (Wildman–Crippen MR) is 57.4 cm³/mol. The van der Waals surface area contributed by atoms with Crippen molar-refractivity contribution in [2.24, 2.45) is 0 Å². The van der Waals surface area contributed by atoms with Gasteiger partial charge in [0, 0.05) is 19.6 Å². The van der Waals surface area contributed by atoms with Gasteiger partial charge in [-0.2, -0.15) is 13.2 Å². The van der Waals surface area contributed by atoms with E-state index in [0.717, 1.165) is 11.4 Å². The number of carboxylic acid groups (broad SMARTS) is 1. The van der Waals surface area contributed by atoms with E-state index >= 15 is 0 Å². The van der Waals surface area contributed by atoms with Crippen LogP contribution in [0.4, 0.5) is 13.2 Å². The SMILES string of the molecule is CN1CCOC(CN(CC(=O)O)CC(F)(F)F)C1. The topological polar surface area (TPSA) is 53.0 Å². The van der Waals surface area contributed by atoms with Crippen molar-refractivity contribution in [3.63, 3.8) is 0 Å². The Morgan fingerprint density at radius 3 is 2.72 bits per heavy atom. The summed E-state index contributed by atoms with van der Waals surface area (Å²) in [6, 6.07) is 0. The van der Waals surface area contributed by atoms with Crippen LogP contribution >= 0.6 is 0 Å². The van der Waals surface area contributed by atoms with Crippen LogP contribution in [0.25, 0.3) is 0 Å². The van der Waals surface area contributed by atoms with E-state index in [-0.39, 0.29) is 12.6 Å². The van der Waals surface area contributed by atoms with Gasteiger partial charge >= 0.3 is 12.1 Å². The first-order chi connectivity index (χ1) is 8.26. The Balaban J connectivity index is 2.51. The molecule has 0 bridgehead atoms. The molecule has 0 aliphatic carbocycles. The molecule has 0 aromatic carbocycles. The molecule has 1 N–H and O–H groups in total. The summed E-state index contributed by atoms with van der Waals surface area (Å²) in [5.74, 6) is -1.27. The highest BCUT2D eigenvalue weighted by molar-refractivity contribution is 5.69. The van der Waals surface area contributed by atoms with Crippen LogP contribution in [0.15, 0.2) is 0 Å². The first kappa shape index (κ1) is 15.2. The van der Waals surface area contributed by atoms with E-state index in [9.17, 15) is 18.0 Å². The van der Waals surface area contributed by atoms with E-state index in [4.69, 9.17) is 9.84 Å². The Kier molecular flexibility index (Phi) is 5.36. The number of ether oxygens (including phenoxy) is 1. The van der Waals surface area contributed by atoms with Gasteiger partial charge in [-0.25, -0.2) is 0 Å². The van der Waals surface area contributed by atoms with E-state index < -0.39 is 25.2 Å². The molecule has 0 amide bonds. The summed E-state index contributed by atoms with van der Waals surface area (Å²) < 4.78 is 42.2. The number of alkyl halides is 3. The van der Waals surface area contributed by atoms with Crippen molar-refractivity contribution in [1.82, 2.24) is 9.80 Å². The predicted octanol–water partition coefficient (Wildman–Crippen LogP) is 0.266. The maximum Gasteiger partial charge on any atom is 0.401 e. The fourth-order valence-corrected chi connectivity index (χ4v) is 1.90. The molecule has 1 saturated heterocycles. The lowest BCUT2D eigenvalue weighted by Gasteiger charge is -2.33. The summed E-state index contributed by atoms with van der Waals surface area (Å²) in [6.45, 7) is -0.209. The number of aliphatic carboxylic acids is 1. The van der Waals surface area contributed by atoms with Gasteiger partial charge in [0.1, 0.15) is 0 Å². The highest BCUT2D eigenvalue weighted by atomic mass is 19.4. The van der Waals surface area contributed by atoms with Gasteiger partial charge in [0.2, 0.25) is 0 Å². The van der Waals surface area contributed by atoms with Crippen molar-refractivity contribution in [1.29, 1.82) is 0 Å². The maximum absolute atomic E-state index is 12.3. The number of carbonyl (C=O) groups is 1. The number of morpholine rings is 1. The second-order valence-corrected chi connectivity index (χ2v) is 4.43. The molecule has 1 fully saturated rings. The van der Waals surface area contributed by atoms with Gasteiger partial charge in [-0.15, -0.1) is 0 Å². The minimum Gasteiger partial charge on any atom is -0.480 e. The molecular formula is C10H17F3N2O3. The van der Waals surface area contributed by atoms with E-state index in [0.29, 0.717) is 13.2 Å². The minimum atomic E-state index is -4.41. The van der Waals surface area contributed by atoms with Gasteiger partial charge in [-0.05, 0) is 7.05 Å². The summed E-state index contributed by atoms with van der Waals surface area (Å²) in [5, 5.41) is 8.60. The van der Waals surface area contributed by atoms with Gasteiger partial charge in [0.05, 0.1) is 25.8 Å². The van der Waals surface area contributed by atoms with Crippen LogP contribution in [-0.4, -0.2) is 79.5 Å². The molecule has 0 spiro atoms. The van der Waals surface area contributed by atoms with Crippen molar-refractivity contribution in [2.75, 3.05) is 46.4 Å². The number of rotatable bonds is 5. The van der Waals surface area contributed by atoms with Crippen molar-refractivity contribution < 1.29 is 27.8 Å². The van der Waals surface area contributed by atoms with Crippen LogP contribution < -0.4 is 0 Å². The summed E-state index contributed by atoms with van der Waals surface area (Å²) in [5.41, 5.74) is 0. The molecule has 1 aliphatic rings. The quantitative estimate of drug-likeness (QED) is 0.777. The average Bonchev–Trinajstić information content (AvgIpc) is 2.12. The summed E-state index contributed by atoms with van der Waals surface area (Å²) in [4.78, 5) is 13.3. The number of hydrogen-bond acceptors (Lipinski definition) is 4. The zero-order valence-electron chi connectivity index (χ0n) is 10.1. The van der Waals surface area contributed by atoms with Gasteiger partial charge < -0.3 is 14.7 Å². The molecule has 5 nitrogen and oxygen atoms in total. The van der Waals surface area contributed by atoms with Crippen molar-refractivity contribution in [3.05, 3.63) is 0 Å². The van der Waals surface area contributed by atoms with Gasteiger partial charge in [-0.1, -0.05) is 0 Å². The zero-order chi connectivity index (χ0) is 13.8. The number of hydrogen-bond donors (Lipinski definition) is 1. The third-order valence-corrected chi connectivity index (χ3v) is 2.57. The smallest absolute Gasteiger partial charge is 0.401 e. The molecule has 0 aromatic rings. The van der Waals surface area contributed by atoms with Crippen LogP contribution in [0.5, 0.6) is 0 Å². The van der Waals surface area contributed by atoms with Crippen molar-refractivity contribution >= 4 is 5.97 Å². The fourth-order valence-electron chi connectivity index (χ4n) is 1.90. The van der Waals surface area contributed by atoms with Crippen LogP contribution in [-0.2, 0) is 9.53 Å². The molecule has 8 heteroatoms. The molecule has 0 radical (unpaired) electrons. The number of nitrogens with zero attached hydrogens (tertiary/aromatic N) is 2. The molecule has 1 rings (SSSR count). The lowest BCUT2D eigenvalue weighted by Crippen LogP contribution is -2.49. The van der Waals surface area contributed by atoms with Crippen LogP contribution in [0, 0.1) is 0 Å². The van der Waals surface area contributed by atoms with Crippen molar-refractivity contribution in [3.8, 4) is 0 Å². The molecule has 0 saturated carbocycles. The van der Waals surface area contributed by atoms with Crippen molar-refractivity contribution in [2.45, 2.75) is 12.3 Å². The van der Waals surface area contributed by atoms with Crippen LogP contribution in [0.1, 0.15) is 0 Å². The third-order valence-electron chi connectivity index (χ3n) is 2.57. The molecule has 1 heterocycles. The van der Waals surface area contributed by atoms with E-state index in [1.807, 2.05) is 11.9 Å². The van der Waals surface area contributed by atoms with E-state index in [1.54, 1.807) is 0 Å². The Morgan fingerprint density at radius 2 is 2.22 bits per heavy atom. The molecule has 0 aromatic heterocycles. The van der Waals surface area contributed by atoms with Crippen LogP contribution in [0.3, 0.4) is 0 Å². The normalized spacial score (nSPS) is 22.4. The first-order valence-electron chi connectivity index (χ1n) is 5.57. The summed E-state index contributed by atoms with van der Waals surface area (Å²) in [7, 11) is 1.85. The Hall–Kier alpha value is -0.860. The van der Waals surface area contributed by atoms with Crippen LogP contribution in [0.2, 0.25) is 0 Å². The lowest BCUT2D eigenvalue weighted by molar-refractivity contribution is -0.158. The molecule has 1 atom stereocenters. The van der Waals surface area contributed by atoms with Gasteiger partial charge in [0.25, 0.3) is 0 Å². The Labute approximate surface area is 103 Å².